The molecule has 0 fully saturated rings. The Balaban J connectivity index is 2.73. The molecule has 44 valence electrons. The fourth-order valence-electron chi connectivity index (χ4n) is 0.359. The van der Waals surface area contributed by atoms with Gasteiger partial charge in [-0.25, -0.2) is 0 Å². The van der Waals surface area contributed by atoms with Crippen LogP contribution in [-0.2, 0) is 3.83 Å². The molecule has 0 amide bonds. The SMILES string of the molecule is O=[Se]1C=CC=C(Br)N1. The van der Waals surface area contributed by atoms with Gasteiger partial charge in [-0.3, -0.25) is 0 Å². The average Bonchev–Trinajstić information content (AvgIpc) is 1.64. The maximum atomic E-state index is 10.6. The van der Waals surface area contributed by atoms with Crippen molar-refractivity contribution in [2.24, 2.45) is 0 Å². The van der Waals surface area contributed by atoms with Gasteiger partial charge in [-0.05, 0) is 0 Å². The Hall–Kier alpha value is 0.0795. The van der Waals surface area contributed by atoms with Gasteiger partial charge in [-0.2, -0.15) is 0 Å². The second-order valence-corrected chi connectivity index (χ2v) is 4.34. The second-order valence-electron chi connectivity index (χ2n) is 1.24. The van der Waals surface area contributed by atoms with Crippen molar-refractivity contribution in [2.45, 2.75) is 0 Å². The molecule has 0 bridgehead atoms. The molecule has 0 aromatic heterocycles. The van der Waals surface area contributed by atoms with E-state index < -0.39 is 14.1 Å². The Morgan fingerprint density at radius 2 is 2.50 bits per heavy atom. The van der Waals surface area contributed by atoms with Gasteiger partial charge in [0, 0.05) is 0 Å². The van der Waals surface area contributed by atoms with E-state index in [0.29, 0.717) is 0 Å². The zero-order chi connectivity index (χ0) is 5.98. The molecule has 1 aliphatic rings. The molecule has 8 heavy (non-hydrogen) atoms. The van der Waals surface area contributed by atoms with Gasteiger partial charge in [0.1, 0.15) is 0 Å². The van der Waals surface area contributed by atoms with Crippen LogP contribution in [0.4, 0.5) is 0 Å². The van der Waals surface area contributed by atoms with Gasteiger partial charge in [-0.15, -0.1) is 0 Å². The summed E-state index contributed by atoms with van der Waals surface area (Å²) < 4.78 is 14.2. The number of nitrogens with one attached hydrogen (secondary N) is 1. The number of rotatable bonds is 0. The normalized spacial score (nSPS) is 26.6. The van der Waals surface area contributed by atoms with Crippen molar-refractivity contribution < 1.29 is 3.83 Å². The van der Waals surface area contributed by atoms with Crippen molar-refractivity contribution in [2.75, 3.05) is 0 Å². The molecule has 1 aliphatic heterocycles. The number of allylic oxidation sites excluding steroid dienone is 2. The third kappa shape index (κ3) is 1.54. The molecule has 0 spiro atoms. The van der Waals surface area contributed by atoms with Gasteiger partial charge < -0.3 is 0 Å². The topological polar surface area (TPSA) is 29.1 Å². The van der Waals surface area contributed by atoms with Crippen LogP contribution in [0, 0.1) is 0 Å². The van der Waals surface area contributed by atoms with Crippen molar-refractivity contribution in [3.05, 3.63) is 21.7 Å². The van der Waals surface area contributed by atoms with Gasteiger partial charge in [0.25, 0.3) is 0 Å². The molecule has 0 saturated heterocycles. The molecule has 0 saturated carbocycles. The first-order valence-electron chi connectivity index (χ1n) is 2.00. The standard InChI is InChI=1S/C4H4BrNOSe/c5-4-2-1-3-8(7)6-4/h1-3,6H. The average molecular weight is 241 g/mol. The molecule has 0 aliphatic carbocycles. The van der Waals surface area contributed by atoms with Gasteiger partial charge in [0.05, 0.1) is 0 Å². The Bertz CT molecular complexity index is 175. The molecule has 0 aromatic carbocycles. The van der Waals surface area contributed by atoms with E-state index in [1.165, 1.54) is 0 Å². The molecular weight excluding hydrogens is 237 g/mol. The van der Waals surface area contributed by atoms with Crippen LogP contribution in [0.15, 0.2) is 21.7 Å². The molecular formula is C4H4BrNOSe. The summed E-state index contributed by atoms with van der Waals surface area (Å²) >= 11 is 1.33. The van der Waals surface area contributed by atoms with Crippen molar-refractivity contribution in [1.82, 2.24) is 4.33 Å². The molecule has 4 heteroatoms. The van der Waals surface area contributed by atoms with Gasteiger partial charge >= 0.3 is 59.9 Å². The van der Waals surface area contributed by atoms with Crippen LogP contribution < -0.4 is 4.33 Å². The molecule has 1 atom stereocenters. The molecule has 1 rings (SSSR count). The molecule has 1 N–H and O–H groups in total. The number of halogens is 1. The maximum absolute atomic E-state index is 10.6. The summed E-state index contributed by atoms with van der Waals surface area (Å²) in [6.45, 7) is 0. The van der Waals surface area contributed by atoms with Crippen LogP contribution in [-0.4, -0.2) is 14.1 Å². The van der Waals surface area contributed by atoms with Crippen molar-refractivity contribution in [3.8, 4) is 0 Å². The van der Waals surface area contributed by atoms with E-state index in [-0.39, 0.29) is 0 Å². The van der Waals surface area contributed by atoms with Crippen LogP contribution in [0.1, 0.15) is 0 Å². The third-order valence-electron chi connectivity index (χ3n) is 0.643. The molecule has 2 nitrogen and oxygen atoms in total. The molecule has 1 heterocycles. The Labute approximate surface area is 60.1 Å². The van der Waals surface area contributed by atoms with Gasteiger partial charge in [0.15, 0.2) is 0 Å². The van der Waals surface area contributed by atoms with Crippen molar-refractivity contribution in [3.63, 3.8) is 0 Å². The first-order valence-corrected chi connectivity index (χ1v) is 5.34. The summed E-state index contributed by atoms with van der Waals surface area (Å²) in [5.41, 5.74) is 0. The number of hydrogen-bond donors (Lipinski definition) is 1. The summed E-state index contributed by atoms with van der Waals surface area (Å²) in [6.07, 6.45) is 3.59. The van der Waals surface area contributed by atoms with Crippen LogP contribution in [0.25, 0.3) is 0 Å². The molecule has 0 radical (unpaired) electrons. The predicted octanol–water partition coefficient (Wildman–Crippen LogP) is 0.840. The number of hydrogen-bond acceptors (Lipinski definition) is 1. The Morgan fingerprint density at radius 3 is 2.88 bits per heavy atom. The van der Waals surface area contributed by atoms with Crippen LogP contribution in [0.3, 0.4) is 0 Å². The quantitative estimate of drug-likeness (QED) is 0.503. The predicted molar refractivity (Wildman–Crippen MR) is 35.7 cm³/mol. The summed E-state index contributed by atoms with van der Waals surface area (Å²) in [5.74, 6) is 0. The minimum atomic E-state index is -1.83. The summed E-state index contributed by atoms with van der Waals surface area (Å²) in [5, 5.41) is 0. The summed E-state index contributed by atoms with van der Waals surface area (Å²) in [7, 11) is 0. The molecule has 1 unspecified atom stereocenters. The second kappa shape index (κ2) is 2.58. The summed E-state index contributed by atoms with van der Waals surface area (Å²) in [4.78, 5) is 1.67. The van der Waals surface area contributed by atoms with E-state index in [0.717, 1.165) is 4.61 Å². The van der Waals surface area contributed by atoms with Gasteiger partial charge in [0.2, 0.25) is 0 Å². The first-order chi connectivity index (χ1) is 3.79. The first kappa shape index (κ1) is 6.20. The fraction of sp³-hybridized carbons (Fsp3) is 0. The van der Waals surface area contributed by atoms with Crippen LogP contribution >= 0.6 is 15.9 Å². The van der Waals surface area contributed by atoms with Crippen LogP contribution in [0.2, 0.25) is 0 Å². The third-order valence-corrected chi connectivity index (χ3v) is 3.43. The van der Waals surface area contributed by atoms with E-state index in [2.05, 4.69) is 20.3 Å². The van der Waals surface area contributed by atoms with E-state index in [1.807, 2.05) is 6.08 Å². The zero-order valence-corrected chi connectivity index (χ0v) is 7.23. The molecule has 0 aromatic rings. The van der Waals surface area contributed by atoms with Gasteiger partial charge in [-0.1, -0.05) is 0 Å². The van der Waals surface area contributed by atoms with E-state index in [1.54, 1.807) is 11.1 Å². The summed E-state index contributed by atoms with van der Waals surface area (Å²) in [6, 6.07) is 0. The Kier molecular flexibility index (Phi) is 2.00. The van der Waals surface area contributed by atoms with E-state index >= 15 is 0 Å². The Morgan fingerprint density at radius 1 is 1.75 bits per heavy atom. The van der Waals surface area contributed by atoms with Crippen molar-refractivity contribution >= 4 is 30.0 Å². The van der Waals surface area contributed by atoms with Crippen LogP contribution in [0.5, 0.6) is 0 Å². The minimum absolute atomic E-state index is 0.806. The zero-order valence-electron chi connectivity index (χ0n) is 3.93. The monoisotopic (exact) mass is 241 g/mol. The van der Waals surface area contributed by atoms with E-state index in [4.69, 9.17) is 0 Å². The van der Waals surface area contributed by atoms with Crippen molar-refractivity contribution in [1.29, 1.82) is 0 Å². The fourth-order valence-corrected chi connectivity index (χ4v) is 2.49. The van der Waals surface area contributed by atoms with E-state index in [9.17, 15) is 3.83 Å².